The highest BCUT2D eigenvalue weighted by molar-refractivity contribution is 5.99. The third kappa shape index (κ3) is 4.53. The van der Waals surface area contributed by atoms with Crippen molar-refractivity contribution in [2.24, 2.45) is 5.73 Å². The first-order chi connectivity index (χ1) is 16.0. The van der Waals surface area contributed by atoms with Crippen LogP contribution in [0.2, 0.25) is 0 Å². The standard InChI is InChI=1S/C26H23N3O4/c1-33-24-13-17(7-9-21(24)20-4-2-3-5-22(20)26(31)32)23(14-27)25(30)29-19-8-6-18-15-28-11-10-16(18)12-19/h2-13,15,23H,14,27H2,1H3,(H,29,30)(H,31,32). The number of carbonyl (C=O) groups is 2. The molecule has 4 aromatic rings. The number of benzene rings is 3. The van der Waals surface area contributed by atoms with E-state index in [1.165, 1.54) is 7.11 Å². The molecule has 0 fully saturated rings. The van der Waals surface area contributed by atoms with E-state index in [0.29, 0.717) is 28.1 Å². The van der Waals surface area contributed by atoms with E-state index in [2.05, 4.69) is 10.3 Å². The van der Waals surface area contributed by atoms with Crippen LogP contribution >= 0.6 is 0 Å². The molecule has 0 bridgehead atoms. The Morgan fingerprint density at radius 2 is 1.85 bits per heavy atom. The maximum Gasteiger partial charge on any atom is 0.336 e. The van der Waals surface area contributed by atoms with Crippen LogP contribution in [0.3, 0.4) is 0 Å². The predicted octanol–water partition coefficient (Wildman–Crippen LogP) is 4.29. The van der Waals surface area contributed by atoms with Crippen molar-refractivity contribution in [1.82, 2.24) is 4.98 Å². The summed E-state index contributed by atoms with van der Waals surface area (Å²) in [6.07, 6.45) is 3.47. The van der Waals surface area contributed by atoms with Gasteiger partial charge in [0.25, 0.3) is 0 Å². The van der Waals surface area contributed by atoms with Crippen LogP contribution in [0.4, 0.5) is 5.69 Å². The molecule has 3 aromatic carbocycles. The molecule has 7 nitrogen and oxygen atoms in total. The Bertz CT molecular complexity index is 1340. The fourth-order valence-electron chi connectivity index (χ4n) is 3.84. The summed E-state index contributed by atoms with van der Waals surface area (Å²) in [6, 6.07) is 19.5. The minimum atomic E-state index is -1.03. The van der Waals surface area contributed by atoms with Gasteiger partial charge >= 0.3 is 5.97 Å². The largest absolute Gasteiger partial charge is 0.496 e. The first-order valence-electron chi connectivity index (χ1n) is 10.4. The summed E-state index contributed by atoms with van der Waals surface area (Å²) in [6.45, 7) is 0.0948. The van der Waals surface area contributed by atoms with Gasteiger partial charge in [-0.25, -0.2) is 4.79 Å². The fourth-order valence-corrected chi connectivity index (χ4v) is 3.84. The van der Waals surface area contributed by atoms with Crippen LogP contribution in [0.25, 0.3) is 21.9 Å². The molecule has 0 spiro atoms. The second-order valence-corrected chi connectivity index (χ2v) is 7.53. The first-order valence-corrected chi connectivity index (χ1v) is 10.4. The Balaban J connectivity index is 1.64. The Kier molecular flexibility index (Phi) is 6.33. The lowest BCUT2D eigenvalue weighted by Gasteiger charge is -2.18. The van der Waals surface area contributed by atoms with Gasteiger partial charge in [0.15, 0.2) is 0 Å². The molecule has 4 rings (SSSR count). The number of aromatic carboxylic acids is 1. The molecule has 4 N–H and O–H groups in total. The molecule has 1 unspecified atom stereocenters. The number of fused-ring (bicyclic) bond motifs is 1. The number of amides is 1. The number of methoxy groups -OCH3 is 1. The maximum atomic E-state index is 13.1. The first kappa shape index (κ1) is 22.0. The molecule has 0 saturated heterocycles. The number of nitrogens with zero attached hydrogens (tertiary/aromatic N) is 1. The Morgan fingerprint density at radius 3 is 2.61 bits per heavy atom. The number of carboxylic acids is 1. The van der Waals surface area contributed by atoms with Crippen molar-refractivity contribution in [2.75, 3.05) is 19.0 Å². The second kappa shape index (κ2) is 9.50. The second-order valence-electron chi connectivity index (χ2n) is 7.53. The van der Waals surface area contributed by atoms with E-state index in [0.717, 1.165) is 10.8 Å². The normalized spacial score (nSPS) is 11.7. The number of nitrogens with two attached hydrogens (primary N) is 1. The number of rotatable bonds is 7. The van der Waals surface area contributed by atoms with Crippen molar-refractivity contribution in [3.05, 3.63) is 90.3 Å². The monoisotopic (exact) mass is 441 g/mol. The molecule has 1 heterocycles. The lowest BCUT2D eigenvalue weighted by atomic mass is 9.93. The minimum Gasteiger partial charge on any atom is -0.496 e. The van der Waals surface area contributed by atoms with Crippen molar-refractivity contribution in [3.63, 3.8) is 0 Å². The third-order valence-electron chi connectivity index (χ3n) is 5.54. The van der Waals surface area contributed by atoms with E-state index < -0.39 is 11.9 Å². The van der Waals surface area contributed by atoms with E-state index in [4.69, 9.17) is 10.5 Å². The van der Waals surface area contributed by atoms with Crippen molar-refractivity contribution in [2.45, 2.75) is 5.92 Å². The zero-order valence-electron chi connectivity index (χ0n) is 18.0. The molecular weight excluding hydrogens is 418 g/mol. The molecule has 0 radical (unpaired) electrons. The van der Waals surface area contributed by atoms with Gasteiger partial charge in [-0.1, -0.05) is 36.4 Å². The number of hydrogen-bond donors (Lipinski definition) is 3. The zero-order valence-corrected chi connectivity index (χ0v) is 18.0. The van der Waals surface area contributed by atoms with Gasteiger partial charge in [0.1, 0.15) is 5.75 Å². The number of carboxylic acid groups (broad SMARTS) is 1. The third-order valence-corrected chi connectivity index (χ3v) is 5.54. The van der Waals surface area contributed by atoms with E-state index in [1.807, 2.05) is 24.3 Å². The van der Waals surface area contributed by atoms with Crippen molar-refractivity contribution in [1.29, 1.82) is 0 Å². The summed E-state index contributed by atoms with van der Waals surface area (Å²) < 4.78 is 5.54. The molecule has 1 amide bonds. The highest BCUT2D eigenvalue weighted by Gasteiger charge is 2.22. The molecule has 1 aromatic heterocycles. The van der Waals surface area contributed by atoms with Gasteiger partial charge < -0.3 is 20.9 Å². The topological polar surface area (TPSA) is 115 Å². The van der Waals surface area contributed by atoms with E-state index in [-0.39, 0.29) is 18.0 Å². The van der Waals surface area contributed by atoms with Crippen LogP contribution in [-0.4, -0.2) is 35.6 Å². The smallest absolute Gasteiger partial charge is 0.336 e. The number of anilines is 1. The van der Waals surface area contributed by atoms with Crippen LogP contribution in [0, 0.1) is 0 Å². The van der Waals surface area contributed by atoms with Crippen LogP contribution < -0.4 is 15.8 Å². The van der Waals surface area contributed by atoms with Gasteiger partial charge in [0.05, 0.1) is 18.6 Å². The fraction of sp³-hybridized carbons (Fsp3) is 0.115. The van der Waals surface area contributed by atoms with Crippen molar-refractivity contribution < 1.29 is 19.4 Å². The minimum absolute atomic E-state index is 0.0948. The summed E-state index contributed by atoms with van der Waals surface area (Å²) in [4.78, 5) is 28.8. The highest BCUT2D eigenvalue weighted by Crippen LogP contribution is 2.35. The van der Waals surface area contributed by atoms with E-state index in [9.17, 15) is 14.7 Å². The number of ether oxygens (including phenoxy) is 1. The van der Waals surface area contributed by atoms with Gasteiger partial charge in [-0.2, -0.15) is 0 Å². The average molecular weight is 441 g/mol. The molecule has 0 aliphatic carbocycles. The molecule has 0 aliphatic rings. The lowest BCUT2D eigenvalue weighted by molar-refractivity contribution is -0.117. The SMILES string of the molecule is COc1cc(C(CN)C(=O)Nc2ccc3cnccc3c2)ccc1-c1ccccc1C(=O)O. The molecule has 33 heavy (non-hydrogen) atoms. The van der Waals surface area contributed by atoms with Crippen molar-refractivity contribution >= 4 is 28.3 Å². The van der Waals surface area contributed by atoms with E-state index in [1.54, 1.807) is 54.9 Å². The van der Waals surface area contributed by atoms with Crippen LogP contribution in [-0.2, 0) is 4.79 Å². The summed E-state index contributed by atoms with van der Waals surface area (Å²) in [7, 11) is 1.51. The summed E-state index contributed by atoms with van der Waals surface area (Å²) in [5, 5.41) is 14.4. The Morgan fingerprint density at radius 1 is 1.03 bits per heavy atom. The summed E-state index contributed by atoms with van der Waals surface area (Å²) in [5.41, 5.74) is 8.63. The van der Waals surface area contributed by atoms with E-state index >= 15 is 0 Å². The molecule has 1 atom stereocenters. The zero-order chi connectivity index (χ0) is 23.4. The number of pyridine rings is 1. The number of nitrogens with one attached hydrogen (secondary N) is 1. The Labute approximate surface area is 190 Å². The van der Waals surface area contributed by atoms with Gasteiger partial charge in [-0.3, -0.25) is 9.78 Å². The van der Waals surface area contributed by atoms with Crippen LogP contribution in [0.5, 0.6) is 5.75 Å². The van der Waals surface area contributed by atoms with Crippen LogP contribution in [0.1, 0.15) is 21.8 Å². The van der Waals surface area contributed by atoms with Gasteiger partial charge in [0.2, 0.25) is 5.91 Å². The van der Waals surface area contributed by atoms with Gasteiger partial charge in [0, 0.05) is 35.6 Å². The highest BCUT2D eigenvalue weighted by atomic mass is 16.5. The quantitative estimate of drug-likeness (QED) is 0.394. The predicted molar refractivity (Wildman–Crippen MR) is 128 cm³/mol. The molecule has 7 heteroatoms. The number of hydrogen-bond acceptors (Lipinski definition) is 5. The Hall–Kier alpha value is -4.23. The molecular formula is C26H23N3O4. The van der Waals surface area contributed by atoms with Crippen molar-refractivity contribution in [3.8, 4) is 16.9 Å². The van der Waals surface area contributed by atoms with Gasteiger partial charge in [-0.05, 0) is 46.8 Å². The maximum absolute atomic E-state index is 13.1. The molecule has 0 saturated carbocycles. The average Bonchev–Trinajstić information content (AvgIpc) is 2.84. The molecule has 166 valence electrons. The van der Waals surface area contributed by atoms with Crippen LogP contribution in [0.15, 0.2) is 79.1 Å². The number of carbonyl (C=O) groups excluding carboxylic acids is 1. The molecule has 0 aliphatic heterocycles. The summed E-state index contributed by atoms with van der Waals surface area (Å²) >= 11 is 0. The lowest BCUT2D eigenvalue weighted by Crippen LogP contribution is -2.27. The van der Waals surface area contributed by atoms with Gasteiger partial charge in [-0.15, -0.1) is 0 Å². The summed E-state index contributed by atoms with van der Waals surface area (Å²) in [5.74, 6) is -1.42. The number of aromatic nitrogens is 1.